The summed E-state index contributed by atoms with van der Waals surface area (Å²) in [5, 5.41) is 15.7. The van der Waals surface area contributed by atoms with Crippen LogP contribution < -0.4 is 0 Å². The summed E-state index contributed by atoms with van der Waals surface area (Å²) in [6, 6.07) is 58.0. The van der Waals surface area contributed by atoms with E-state index in [4.69, 9.17) is 0 Å². The first-order valence-electron chi connectivity index (χ1n) is 14.6. The van der Waals surface area contributed by atoms with Crippen molar-refractivity contribution in [2.24, 2.45) is 0 Å². The van der Waals surface area contributed by atoms with Crippen molar-refractivity contribution in [3.63, 3.8) is 0 Å². The van der Waals surface area contributed by atoms with E-state index < -0.39 is 0 Å². The molecule has 0 nitrogen and oxygen atoms in total. The Hall–Kier alpha value is -5.46. The molecular formula is C42H26. The Labute approximate surface area is 244 Å². The Morgan fingerprint density at radius 2 is 0.619 bits per heavy atom. The predicted octanol–water partition coefficient (Wildman–Crippen LogP) is 11.9. The zero-order chi connectivity index (χ0) is 27.6. The van der Waals surface area contributed by atoms with Gasteiger partial charge in [0.15, 0.2) is 0 Å². The van der Waals surface area contributed by atoms with Gasteiger partial charge in [0.25, 0.3) is 0 Å². The SMILES string of the molecule is c1ccc(-c2cccc(-c3cccc4c5ccccc5c5cc6c7ccccc7c7ccccc7c6cc5c34)c2)cc1. The van der Waals surface area contributed by atoms with Gasteiger partial charge in [0.1, 0.15) is 0 Å². The third-order valence-corrected chi connectivity index (χ3v) is 9.00. The Balaban J connectivity index is 1.48. The van der Waals surface area contributed by atoms with Gasteiger partial charge < -0.3 is 0 Å². The molecule has 194 valence electrons. The highest BCUT2D eigenvalue weighted by Crippen LogP contribution is 2.44. The molecule has 9 rings (SSSR count). The van der Waals surface area contributed by atoms with E-state index in [1.807, 2.05) is 0 Å². The minimum atomic E-state index is 1.23. The summed E-state index contributed by atoms with van der Waals surface area (Å²) >= 11 is 0. The largest absolute Gasteiger partial charge is 0.0622 e. The van der Waals surface area contributed by atoms with Crippen LogP contribution in [0.25, 0.3) is 86.9 Å². The molecule has 0 radical (unpaired) electrons. The predicted molar refractivity (Wildman–Crippen MR) is 182 cm³/mol. The normalized spacial score (nSPS) is 11.8. The molecule has 0 saturated carbocycles. The molecule has 0 bridgehead atoms. The molecule has 0 spiro atoms. The summed E-state index contributed by atoms with van der Waals surface area (Å²) in [4.78, 5) is 0. The van der Waals surface area contributed by atoms with Gasteiger partial charge in [-0.05, 0) is 105 Å². The van der Waals surface area contributed by atoms with Crippen LogP contribution >= 0.6 is 0 Å². The monoisotopic (exact) mass is 530 g/mol. The maximum atomic E-state index is 2.47. The highest BCUT2D eigenvalue weighted by molar-refractivity contribution is 6.34. The van der Waals surface area contributed by atoms with Gasteiger partial charge in [0.05, 0.1) is 0 Å². The fourth-order valence-electron chi connectivity index (χ4n) is 7.14. The zero-order valence-corrected chi connectivity index (χ0v) is 23.0. The molecule has 0 heteroatoms. The highest BCUT2D eigenvalue weighted by Gasteiger charge is 2.16. The van der Waals surface area contributed by atoms with Gasteiger partial charge in [-0.1, -0.05) is 140 Å². The summed E-state index contributed by atoms with van der Waals surface area (Å²) in [6.45, 7) is 0. The lowest BCUT2D eigenvalue weighted by molar-refractivity contribution is 1.61. The first-order chi connectivity index (χ1) is 20.8. The van der Waals surface area contributed by atoms with Crippen molar-refractivity contribution in [2.45, 2.75) is 0 Å². The summed E-state index contributed by atoms with van der Waals surface area (Å²) in [6.07, 6.45) is 0. The van der Waals surface area contributed by atoms with Crippen molar-refractivity contribution in [2.75, 3.05) is 0 Å². The molecular weight excluding hydrogens is 504 g/mol. The van der Waals surface area contributed by atoms with Crippen LogP contribution in [-0.2, 0) is 0 Å². The maximum absolute atomic E-state index is 2.47. The van der Waals surface area contributed by atoms with Gasteiger partial charge in [0.2, 0.25) is 0 Å². The molecule has 0 aliphatic rings. The first-order valence-corrected chi connectivity index (χ1v) is 14.6. The second-order valence-corrected chi connectivity index (χ2v) is 11.3. The molecule has 0 atom stereocenters. The molecule has 9 aromatic rings. The van der Waals surface area contributed by atoms with Crippen LogP contribution in [0, 0.1) is 0 Å². The molecule has 0 heterocycles. The Morgan fingerprint density at radius 3 is 1.24 bits per heavy atom. The van der Waals surface area contributed by atoms with Crippen molar-refractivity contribution in [1.82, 2.24) is 0 Å². The van der Waals surface area contributed by atoms with Crippen LogP contribution in [0.5, 0.6) is 0 Å². The highest BCUT2D eigenvalue weighted by atomic mass is 14.2. The van der Waals surface area contributed by atoms with Gasteiger partial charge in [-0.3, -0.25) is 0 Å². The van der Waals surface area contributed by atoms with Crippen molar-refractivity contribution in [3.8, 4) is 22.3 Å². The van der Waals surface area contributed by atoms with Crippen molar-refractivity contribution in [1.29, 1.82) is 0 Å². The standard InChI is InChI=1S/C42H26/c1-2-12-27(13-3-1)28-14-10-15-29(24-28)30-22-11-23-37-33-18-6-9-21-36(33)40-25-38-34-19-7-4-16-31(34)32-17-5-8-20-35(32)39(38)26-41(40)42(30)37/h1-26H. The summed E-state index contributed by atoms with van der Waals surface area (Å²) < 4.78 is 0. The van der Waals surface area contributed by atoms with E-state index in [9.17, 15) is 0 Å². The van der Waals surface area contributed by atoms with Crippen LogP contribution in [0.15, 0.2) is 158 Å². The van der Waals surface area contributed by atoms with Crippen LogP contribution in [-0.4, -0.2) is 0 Å². The molecule has 0 aliphatic heterocycles. The second kappa shape index (κ2) is 9.03. The minimum absolute atomic E-state index is 1.23. The Bertz CT molecular complexity index is 2500. The Kier molecular flexibility index (Phi) is 5.00. The minimum Gasteiger partial charge on any atom is -0.0622 e. The first kappa shape index (κ1) is 23.3. The van der Waals surface area contributed by atoms with Crippen molar-refractivity contribution in [3.05, 3.63) is 158 Å². The van der Waals surface area contributed by atoms with Crippen LogP contribution in [0.2, 0.25) is 0 Å². The summed E-state index contributed by atoms with van der Waals surface area (Å²) in [5.41, 5.74) is 4.98. The van der Waals surface area contributed by atoms with Gasteiger partial charge in [0, 0.05) is 0 Å². The number of rotatable bonds is 2. The molecule has 0 aliphatic carbocycles. The van der Waals surface area contributed by atoms with Crippen molar-refractivity contribution >= 4 is 64.6 Å². The van der Waals surface area contributed by atoms with E-state index >= 15 is 0 Å². The van der Waals surface area contributed by atoms with Crippen LogP contribution in [0.4, 0.5) is 0 Å². The maximum Gasteiger partial charge on any atom is -0.00201 e. The number of fused-ring (bicyclic) bond motifs is 12. The smallest absolute Gasteiger partial charge is 0.00201 e. The quantitative estimate of drug-likeness (QED) is 0.154. The molecule has 0 aromatic heterocycles. The topological polar surface area (TPSA) is 0 Å². The molecule has 0 N–H and O–H groups in total. The lowest BCUT2D eigenvalue weighted by Crippen LogP contribution is -1.90. The van der Waals surface area contributed by atoms with E-state index in [0.29, 0.717) is 0 Å². The molecule has 9 aromatic carbocycles. The fraction of sp³-hybridized carbons (Fsp3) is 0. The van der Waals surface area contributed by atoms with Crippen LogP contribution in [0.3, 0.4) is 0 Å². The average Bonchev–Trinajstić information content (AvgIpc) is 3.08. The Morgan fingerprint density at radius 1 is 0.214 bits per heavy atom. The average molecular weight is 531 g/mol. The molecule has 42 heavy (non-hydrogen) atoms. The lowest BCUT2D eigenvalue weighted by Gasteiger charge is -2.17. The van der Waals surface area contributed by atoms with E-state index in [0.717, 1.165) is 0 Å². The van der Waals surface area contributed by atoms with Crippen molar-refractivity contribution < 1.29 is 0 Å². The van der Waals surface area contributed by atoms with E-state index in [-0.39, 0.29) is 0 Å². The van der Waals surface area contributed by atoms with Gasteiger partial charge >= 0.3 is 0 Å². The van der Waals surface area contributed by atoms with E-state index in [1.54, 1.807) is 0 Å². The summed E-state index contributed by atoms with van der Waals surface area (Å²) in [7, 11) is 0. The third-order valence-electron chi connectivity index (χ3n) is 9.00. The number of hydrogen-bond acceptors (Lipinski definition) is 0. The van der Waals surface area contributed by atoms with Gasteiger partial charge in [-0.15, -0.1) is 0 Å². The zero-order valence-electron chi connectivity index (χ0n) is 23.0. The molecule has 0 unspecified atom stereocenters. The van der Waals surface area contributed by atoms with Crippen LogP contribution in [0.1, 0.15) is 0 Å². The second-order valence-electron chi connectivity index (χ2n) is 11.3. The molecule has 0 amide bonds. The number of benzene rings is 9. The van der Waals surface area contributed by atoms with Gasteiger partial charge in [-0.25, -0.2) is 0 Å². The lowest BCUT2D eigenvalue weighted by atomic mass is 9.86. The van der Waals surface area contributed by atoms with E-state index in [2.05, 4.69) is 158 Å². The molecule has 0 saturated heterocycles. The fourth-order valence-corrected chi connectivity index (χ4v) is 7.14. The van der Waals surface area contributed by atoms with Gasteiger partial charge in [-0.2, -0.15) is 0 Å². The van der Waals surface area contributed by atoms with E-state index in [1.165, 1.54) is 86.9 Å². The summed E-state index contributed by atoms with van der Waals surface area (Å²) in [5.74, 6) is 0. The number of hydrogen-bond donors (Lipinski definition) is 0. The third kappa shape index (κ3) is 3.36. The molecule has 0 fully saturated rings.